The fraction of sp³-hybridized carbons (Fsp3) is 0.778. The Labute approximate surface area is 68.1 Å². The lowest BCUT2D eigenvalue weighted by atomic mass is 10.1. The molecule has 0 aliphatic heterocycles. The largest absolute Gasteiger partial charge is 0.387 e. The van der Waals surface area contributed by atoms with Crippen LogP contribution in [0.5, 0.6) is 0 Å². The first-order valence-corrected chi connectivity index (χ1v) is 4.41. The van der Waals surface area contributed by atoms with E-state index in [-0.39, 0.29) is 6.10 Å². The lowest BCUT2D eigenvalue weighted by Gasteiger charge is -2.10. The minimum absolute atomic E-state index is 0.367. The monoisotopic (exact) mass is 155 g/mol. The molecule has 2 heteroatoms. The van der Waals surface area contributed by atoms with Crippen LogP contribution in [0.1, 0.15) is 32.1 Å². The average molecular weight is 155 g/mol. The predicted molar refractivity (Wildman–Crippen MR) is 46.2 cm³/mol. The highest BCUT2D eigenvalue weighted by molar-refractivity contribution is 5.09. The van der Waals surface area contributed by atoms with Gasteiger partial charge in [0.15, 0.2) is 0 Å². The summed E-state index contributed by atoms with van der Waals surface area (Å²) in [4.78, 5) is 0. The van der Waals surface area contributed by atoms with Crippen molar-refractivity contribution >= 4 is 0 Å². The number of allylic oxidation sites excluding steroid dienone is 1. The van der Waals surface area contributed by atoms with E-state index in [9.17, 15) is 5.11 Å². The van der Waals surface area contributed by atoms with E-state index in [0.717, 1.165) is 18.4 Å². The van der Waals surface area contributed by atoms with Gasteiger partial charge in [0.1, 0.15) is 0 Å². The highest BCUT2D eigenvalue weighted by atomic mass is 16.3. The summed E-state index contributed by atoms with van der Waals surface area (Å²) >= 11 is 0. The first kappa shape index (κ1) is 8.75. The molecule has 0 saturated carbocycles. The molecule has 0 heterocycles. The lowest BCUT2D eigenvalue weighted by molar-refractivity contribution is 0.214. The SMILES string of the molecule is NCC(O)C1=CCCCCC1. The van der Waals surface area contributed by atoms with Gasteiger partial charge in [-0.2, -0.15) is 0 Å². The molecule has 1 aliphatic rings. The lowest BCUT2D eigenvalue weighted by Crippen LogP contribution is -2.21. The van der Waals surface area contributed by atoms with Gasteiger partial charge < -0.3 is 10.8 Å². The molecule has 0 radical (unpaired) electrons. The van der Waals surface area contributed by atoms with Crippen molar-refractivity contribution in [3.8, 4) is 0 Å². The van der Waals surface area contributed by atoms with Crippen molar-refractivity contribution in [2.75, 3.05) is 6.54 Å². The van der Waals surface area contributed by atoms with Gasteiger partial charge in [0, 0.05) is 6.54 Å². The molecule has 0 aromatic carbocycles. The molecule has 0 spiro atoms. The zero-order valence-corrected chi connectivity index (χ0v) is 6.92. The van der Waals surface area contributed by atoms with Crippen molar-refractivity contribution in [1.29, 1.82) is 0 Å². The van der Waals surface area contributed by atoms with Crippen LogP contribution in [0.25, 0.3) is 0 Å². The van der Waals surface area contributed by atoms with Gasteiger partial charge >= 0.3 is 0 Å². The van der Waals surface area contributed by atoms with Crippen LogP contribution in [0.4, 0.5) is 0 Å². The van der Waals surface area contributed by atoms with Crippen molar-refractivity contribution in [1.82, 2.24) is 0 Å². The number of hydrogen-bond donors (Lipinski definition) is 2. The van der Waals surface area contributed by atoms with E-state index in [1.807, 2.05) is 0 Å². The van der Waals surface area contributed by atoms with Crippen LogP contribution in [0.2, 0.25) is 0 Å². The van der Waals surface area contributed by atoms with Gasteiger partial charge in [-0.05, 0) is 31.3 Å². The molecule has 1 aliphatic carbocycles. The molecule has 3 N–H and O–H groups in total. The Balaban J connectivity index is 2.46. The van der Waals surface area contributed by atoms with Crippen molar-refractivity contribution in [2.45, 2.75) is 38.2 Å². The normalized spacial score (nSPS) is 22.2. The summed E-state index contributed by atoms with van der Waals surface area (Å²) in [6, 6.07) is 0. The summed E-state index contributed by atoms with van der Waals surface area (Å²) < 4.78 is 0. The fourth-order valence-electron chi connectivity index (χ4n) is 1.49. The molecule has 0 aromatic rings. The van der Waals surface area contributed by atoms with Gasteiger partial charge in [-0.15, -0.1) is 0 Å². The van der Waals surface area contributed by atoms with E-state index in [1.165, 1.54) is 19.3 Å². The molecule has 0 saturated heterocycles. The van der Waals surface area contributed by atoms with Gasteiger partial charge in [0.2, 0.25) is 0 Å². The molecule has 0 bridgehead atoms. The Morgan fingerprint density at radius 3 is 3.00 bits per heavy atom. The Morgan fingerprint density at radius 1 is 1.45 bits per heavy atom. The van der Waals surface area contributed by atoms with Gasteiger partial charge in [-0.1, -0.05) is 12.5 Å². The smallest absolute Gasteiger partial charge is 0.0872 e. The maximum absolute atomic E-state index is 9.41. The summed E-state index contributed by atoms with van der Waals surface area (Å²) in [6.45, 7) is 0.367. The minimum Gasteiger partial charge on any atom is -0.387 e. The molecular weight excluding hydrogens is 138 g/mol. The fourth-order valence-corrected chi connectivity index (χ4v) is 1.49. The van der Waals surface area contributed by atoms with Crippen molar-refractivity contribution in [3.63, 3.8) is 0 Å². The molecular formula is C9H17NO. The van der Waals surface area contributed by atoms with E-state index in [1.54, 1.807) is 0 Å². The van der Waals surface area contributed by atoms with Crippen LogP contribution in [-0.4, -0.2) is 17.8 Å². The summed E-state index contributed by atoms with van der Waals surface area (Å²) in [5, 5.41) is 9.41. The molecule has 1 rings (SSSR count). The van der Waals surface area contributed by atoms with E-state index in [0.29, 0.717) is 6.54 Å². The maximum atomic E-state index is 9.41. The Hall–Kier alpha value is -0.340. The maximum Gasteiger partial charge on any atom is 0.0872 e. The number of aliphatic hydroxyl groups is 1. The van der Waals surface area contributed by atoms with Gasteiger partial charge in [0.25, 0.3) is 0 Å². The molecule has 2 nitrogen and oxygen atoms in total. The van der Waals surface area contributed by atoms with Crippen LogP contribution in [0, 0.1) is 0 Å². The Bertz CT molecular complexity index is 142. The minimum atomic E-state index is -0.381. The number of nitrogens with two attached hydrogens (primary N) is 1. The third-order valence-electron chi connectivity index (χ3n) is 2.23. The highest BCUT2D eigenvalue weighted by Gasteiger charge is 2.09. The standard InChI is InChI=1S/C9H17NO/c10-7-9(11)8-5-3-1-2-4-6-8/h5,9,11H,1-4,6-7,10H2. The van der Waals surface area contributed by atoms with Crippen LogP contribution in [0.15, 0.2) is 11.6 Å². The second-order valence-corrected chi connectivity index (χ2v) is 3.13. The number of rotatable bonds is 2. The van der Waals surface area contributed by atoms with Gasteiger partial charge in [0.05, 0.1) is 6.10 Å². The second kappa shape index (κ2) is 4.52. The Kier molecular flexibility index (Phi) is 3.60. The van der Waals surface area contributed by atoms with Crippen molar-refractivity contribution < 1.29 is 5.11 Å². The highest BCUT2D eigenvalue weighted by Crippen LogP contribution is 2.19. The van der Waals surface area contributed by atoms with E-state index in [2.05, 4.69) is 6.08 Å². The van der Waals surface area contributed by atoms with E-state index >= 15 is 0 Å². The van der Waals surface area contributed by atoms with E-state index < -0.39 is 0 Å². The van der Waals surface area contributed by atoms with Gasteiger partial charge in [-0.3, -0.25) is 0 Å². The van der Waals surface area contributed by atoms with Gasteiger partial charge in [-0.25, -0.2) is 0 Å². The summed E-state index contributed by atoms with van der Waals surface area (Å²) in [5.41, 5.74) is 6.52. The molecule has 1 unspecified atom stereocenters. The summed E-state index contributed by atoms with van der Waals surface area (Å²) in [6.07, 6.45) is 7.70. The zero-order valence-electron chi connectivity index (χ0n) is 6.92. The first-order valence-electron chi connectivity index (χ1n) is 4.41. The molecule has 11 heavy (non-hydrogen) atoms. The average Bonchev–Trinajstić information content (AvgIpc) is 2.30. The molecule has 0 fully saturated rings. The van der Waals surface area contributed by atoms with Crippen LogP contribution < -0.4 is 5.73 Å². The topological polar surface area (TPSA) is 46.2 Å². The van der Waals surface area contributed by atoms with Crippen LogP contribution in [0.3, 0.4) is 0 Å². The van der Waals surface area contributed by atoms with Crippen LogP contribution in [-0.2, 0) is 0 Å². The molecule has 0 amide bonds. The first-order chi connectivity index (χ1) is 5.34. The molecule has 64 valence electrons. The molecule has 1 atom stereocenters. The summed E-state index contributed by atoms with van der Waals surface area (Å²) in [5.74, 6) is 0. The summed E-state index contributed by atoms with van der Waals surface area (Å²) in [7, 11) is 0. The third kappa shape index (κ3) is 2.64. The van der Waals surface area contributed by atoms with Crippen LogP contribution >= 0.6 is 0 Å². The zero-order chi connectivity index (χ0) is 8.10. The quantitative estimate of drug-likeness (QED) is 0.588. The van der Waals surface area contributed by atoms with E-state index in [4.69, 9.17) is 5.73 Å². The number of aliphatic hydroxyl groups excluding tert-OH is 1. The predicted octanol–water partition coefficient (Wildman–Crippen LogP) is 1.20. The van der Waals surface area contributed by atoms with Crippen molar-refractivity contribution in [3.05, 3.63) is 11.6 Å². The third-order valence-corrected chi connectivity index (χ3v) is 2.23. The second-order valence-electron chi connectivity index (χ2n) is 3.13. The Morgan fingerprint density at radius 2 is 2.27 bits per heavy atom. The molecule has 0 aromatic heterocycles. The number of hydrogen-bond acceptors (Lipinski definition) is 2. The van der Waals surface area contributed by atoms with Crippen molar-refractivity contribution in [2.24, 2.45) is 5.73 Å².